The van der Waals surface area contributed by atoms with E-state index in [-0.39, 0.29) is 6.23 Å². The molecule has 0 bridgehead atoms. The number of methoxy groups -OCH3 is 1. The van der Waals surface area contributed by atoms with E-state index in [0.717, 1.165) is 40.7 Å². The summed E-state index contributed by atoms with van der Waals surface area (Å²) in [6.45, 7) is 6.03. The first kappa shape index (κ1) is 17.1. The monoisotopic (exact) mass is 337 g/mol. The Morgan fingerprint density at radius 3 is 2.48 bits per heavy atom. The molecule has 0 radical (unpaired) electrons. The van der Waals surface area contributed by atoms with Crippen molar-refractivity contribution in [2.24, 2.45) is 0 Å². The second-order valence-electron chi connectivity index (χ2n) is 6.35. The van der Waals surface area contributed by atoms with E-state index in [9.17, 15) is 4.79 Å². The van der Waals surface area contributed by atoms with E-state index in [1.54, 1.807) is 13.4 Å². The molecule has 0 saturated carbocycles. The van der Waals surface area contributed by atoms with Crippen molar-refractivity contribution in [1.82, 2.24) is 5.32 Å². The zero-order valence-corrected chi connectivity index (χ0v) is 15.1. The summed E-state index contributed by atoms with van der Waals surface area (Å²) in [6, 6.07) is 10.3. The van der Waals surface area contributed by atoms with E-state index < -0.39 is 0 Å². The topological polar surface area (TPSA) is 47.6 Å². The van der Waals surface area contributed by atoms with Gasteiger partial charge in [0, 0.05) is 5.56 Å². The summed E-state index contributed by atoms with van der Waals surface area (Å²) in [5.41, 5.74) is 7.22. The van der Waals surface area contributed by atoms with E-state index in [2.05, 4.69) is 36.5 Å². The number of nitrogens with one attached hydrogen (secondary N) is 1. The molecule has 1 heterocycles. The van der Waals surface area contributed by atoms with Crippen LogP contribution in [0.1, 0.15) is 45.1 Å². The fourth-order valence-corrected chi connectivity index (χ4v) is 3.16. The molecular weight excluding hydrogens is 314 g/mol. The van der Waals surface area contributed by atoms with Crippen LogP contribution in [0.15, 0.2) is 36.6 Å². The summed E-state index contributed by atoms with van der Waals surface area (Å²) in [7, 11) is 1.60. The third-order valence-corrected chi connectivity index (χ3v) is 4.72. The predicted octanol–water partition coefficient (Wildman–Crippen LogP) is 3.98. The lowest BCUT2D eigenvalue weighted by Crippen LogP contribution is -2.18. The maximum Gasteiger partial charge on any atom is 0.166 e. The molecule has 3 rings (SSSR count). The van der Waals surface area contributed by atoms with E-state index in [1.807, 2.05) is 19.9 Å². The van der Waals surface area contributed by atoms with Crippen molar-refractivity contribution >= 4 is 12.0 Å². The largest absolute Gasteiger partial charge is 0.496 e. The maximum absolute atomic E-state index is 11.4. The van der Waals surface area contributed by atoms with Gasteiger partial charge < -0.3 is 14.8 Å². The average molecular weight is 337 g/mol. The summed E-state index contributed by atoms with van der Waals surface area (Å²) < 4.78 is 10.8. The number of rotatable bonds is 5. The van der Waals surface area contributed by atoms with Gasteiger partial charge in [-0.25, -0.2) is 0 Å². The highest BCUT2D eigenvalue weighted by Gasteiger charge is 2.15. The molecule has 2 aromatic rings. The van der Waals surface area contributed by atoms with Crippen molar-refractivity contribution in [2.75, 3.05) is 7.11 Å². The Bertz CT molecular complexity index is 822. The Hall–Kier alpha value is -2.75. The standard InChI is InChI=1S/C21H23NO3/c1-13-14(2)21(24-4)19(11-23)10-18(13)9-16-5-7-17(8-6-16)20-12-25-15(3)22-20/h5-8,10-12,15,22H,9H2,1-4H3. The van der Waals surface area contributed by atoms with E-state index in [4.69, 9.17) is 9.47 Å². The molecule has 1 N–H and O–H groups in total. The van der Waals surface area contributed by atoms with Gasteiger partial charge in [0.25, 0.3) is 0 Å². The summed E-state index contributed by atoms with van der Waals surface area (Å²) in [5, 5.41) is 3.27. The lowest BCUT2D eigenvalue weighted by molar-refractivity contribution is 0.112. The molecule has 1 aliphatic rings. The minimum Gasteiger partial charge on any atom is -0.496 e. The number of carbonyl (C=O) groups excluding carboxylic acids is 1. The minimum atomic E-state index is 0.0152. The predicted molar refractivity (Wildman–Crippen MR) is 98.8 cm³/mol. The fraction of sp³-hybridized carbons (Fsp3) is 0.286. The van der Waals surface area contributed by atoms with Crippen LogP contribution in [0.2, 0.25) is 0 Å². The Morgan fingerprint density at radius 2 is 1.92 bits per heavy atom. The number of ether oxygens (including phenoxy) is 2. The molecule has 2 aromatic carbocycles. The van der Waals surface area contributed by atoms with Crippen molar-refractivity contribution in [2.45, 2.75) is 33.4 Å². The Kier molecular flexibility index (Phi) is 4.79. The summed E-state index contributed by atoms with van der Waals surface area (Å²) in [5.74, 6) is 0.667. The van der Waals surface area contributed by atoms with Gasteiger partial charge in [0.15, 0.2) is 12.5 Å². The van der Waals surface area contributed by atoms with Crippen molar-refractivity contribution in [3.63, 3.8) is 0 Å². The van der Waals surface area contributed by atoms with Gasteiger partial charge in [0.05, 0.1) is 18.4 Å². The molecule has 0 saturated heterocycles. The van der Waals surface area contributed by atoms with Gasteiger partial charge in [-0.05, 0) is 55.5 Å². The number of hydrogen-bond acceptors (Lipinski definition) is 4. The molecule has 4 heteroatoms. The number of hydrogen-bond donors (Lipinski definition) is 1. The highest BCUT2D eigenvalue weighted by molar-refractivity contribution is 5.81. The van der Waals surface area contributed by atoms with Gasteiger partial charge in [-0.1, -0.05) is 24.3 Å². The molecule has 0 spiro atoms. The molecular formula is C21H23NO3. The van der Waals surface area contributed by atoms with Crippen LogP contribution in [0, 0.1) is 13.8 Å². The summed E-state index contributed by atoms with van der Waals surface area (Å²) in [6.07, 6.45) is 3.41. The second-order valence-corrected chi connectivity index (χ2v) is 6.35. The molecule has 1 atom stereocenters. The lowest BCUT2D eigenvalue weighted by Gasteiger charge is -2.15. The minimum absolute atomic E-state index is 0.0152. The quantitative estimate of drug-likeness (QED) is 0.839. The second kappa shape index (κ2) is 7.01. The molecule has 0 aliphatic carbocycles. The zero-order chi connectivity index (χ0) is 18.0. The molecule has 25 heavy (non-hydrogen) atoms. The Morgan fingerprint density at radius 1 is 1.20 bits per heavy atom. The third-order valence-electron chi connectivity index (χ3n) is 4.72. The van der Waals surface area contributed by atoms with Crippen molar-refractivity contribution in [1.29, 1.82) is 0 Å². The van der Waals surface area contributed by atoms with Crippen LogP contribution in [0.25, 0.3) is 5.70 Å². The molecule has 130 valence electrons. The van der Waals surface area contributed by atoms with Crippen LogP contribution in [0.3, 0.4) is 0 Å². The normalized spacial score (nSPS) is 16.0. The SMILES string of the molecule is COc1c(C=O)cc(Cc2ccc(C3=COC(C)N3)cc2)c(C)c1C. The van der Waals surface area contributed by atoms with Gasteiger partial charge in [0.2, 0.25) is 0 Å². The van der Waals surface area contributed by atoms with Crippen molar-refractivity contribution in [3.05, 3.63) is 70.0 Å². The molecule has 0 fully saturated rings. The Labute approximate surface area is 148 Å². The summed E-state index contributed by atoms with van der Waals surface area (Å²) >= 11 is 0. The maximum atomic E-state index is 11.4. The molecule has 4 nitrogen and oxygen atoms in total. The molecule has 0 amide bonds. The van der Waals surface area contributed by atoms with E-state index in [1.165, 1.54) is 5.56 Å². The molecule has 1 aliphatic heterocycles. The lowest BCUT2D eigenvalue weighted by atomic mass is 9.93. The van der Waals surface area contributed by atoms with Crippen LogP contribution in [-0.2, 0) is 11.2 Å². The number of benzene rings is 2. The zero-order valence-electron chi connectivity index (χ0n) is 15.1. The smallest absolute Gasteiger partial charge is 0.166 e. The Balaban J connectivity index is 1.85. The van der Waals surface area contributed by atoms with Gasteiger partial charge in [-0.15, -0.1) is 0 Å². The van der Waals surface area contributed by atoms with Crippen LogP contribution >= 0.6 is 0 Å². The van der Waals surface area contributed by atoms with Crippen molar-refractivity contribution < 1.29 is 14.3 Å². The van der Waals surface area contributed by atoms with Crippen LogP contribution in [0.5, 0.6) is 5.75 Å². The fourth-order valence-electron chi connectivity index (χ4n) is 3.16. The first-order valence-electron chi connectivity index (χ1n) is 8.37. The van der Waals surface area contributed by atoms with Crippen LogP contribution < -0.4 is 10.1 Å². The van der Waals surface area contributed by atoms with Gasteiger partial charge in [0.1, 0.15) is 12.0 Å². The first-order valence-corrected chi connectivity index (χ1v) is 8.37. The average Bonchev–Trinajstić information content (AvgIpc) is 3.06. The van der Waals surface area contributed by atoms with Gasteiger partial charge in [-0.3, -0.25) is 4.79 Å². The highest BCUT2D eigenvalue weighted by Crippen LogP contribution is 2.29. The van der Waals surface area contributed by atoms with E-state index >= 15 is 0 Å². The van der Waals surface area contributed by atoms with Crippen molar-refractivity contribution in [3.8, 4) is 5.75 Å². The molecule has 1 unspecified atom stereocenters. The highest BCUT2D eigenvalue weighted by atomic mass is 16.5. The molecule has 0 aromatic heterocycles. The number of aldehydes is 1. The third kappa shape index (κ3) is 3.38. The van der Waals surface area contributed by atoms with Crippen LogP contribution in [-0.4, -0.2) is 19.6 Å². The van der Waals surface area contributed by atoms with Gasteiger partial charge >= 0.3 is 0 Å². The van der Waals surface area contributed by atoms with E-state index in [0.29, 0.717) is 11.3 Å². The first-order chi connectivity index (χ1) is 12.0. The summed E-state index contributed by atoms with van der Waals surface area (Å²) in [4.78, 5) is 11.4. The number of carbonyl (C=O) groups is 1. The van der Waals surface area contributed by atoms with Crippen LogP contribution in [0.4, 0.5) is 0 Å². The van der Waals surface area contributed by atoms with Gasteiger partial charge in [-0.2, -0.15) is 0 Å².